The zero-order valence-corrected chi connectivity index (χ0v) is 18.8. The molecule has 4 rings (SSSR count). The van der Waals surface area contributed by atoms with E-state index in [9.17, 15) is 24.6 Å². The van der Waals surface area contributed by atoms with Gasteiger partial charge in [0.15, 0.2) is 0 Å². The van der Waals surface area contributed by atoms with Gasteiger partial charge in [0.05, 0.1) is 22.0 Å². The van der Waals surface area contributed by atoms with Crippen LogP contribution in [0.2, 0.25) is 5.02 Å². The lowest BCUT2D eigenvalue weighted by Gasteiger charge is -2.16. The smallest absolute Gasteiger partial charge is 0.335 e. The van der Waals surface area contributed by atoms with Crippen LogP contribution in [0.4, 0.5) is 0 Å². The summed E-state index contributed by atoms with van der Waals surface area (Å²) in [6, 6.07) is 10.5. The second-order valence-corrected chi connectivity index (χ2v) is 8.57. The Labute approximate surface area is 195 Å². The fraction of sp³-hybridized carbons (Fsp3) is 0.292. The van der Waals surface area contributed by atoms with Crippen LogP contribution in [-0.2, 0) is 24.2 Å². The second-order valence-electron chi connectivity index (χ2n) is 8.16. The minimum absolute atomic E-state index is 0.0397. The number of nitrogens with zero attached hydrogens (tertiary/aromatic N) is 2. The SMILES string of the molecule is Cc1cccc(Cl)c1C(=O)NC(Cc1ccc(-n2c(O)c3n(c2=O)CCCC3)cc1)C(=O)O. The van der Waals surface area contributed by atoms with E-state index in [4.69, 9.17) is 11.6 Å². The van der Waals surface area contributed by atoms with Crippen LogP contribution in [0.1, 0.15) is 40.0 Å². The van der Waals surface area contributed by atoms with Crippen LogP contribution in [0.15, 0.2) is 47.3 Å². The molecule has 0 bridgehead atoms. The fourth-order valence-electron chi connectivity index (χ4n) is 4.22. The van der Waals surface area contributed by atoms with Crippen LogP contribution in [0.25, 0.3) is 5.69 Å². The first kappa shape index (κ1) is 22.7. The van der Waals surface area contributed by atoms with Gasteiger partial charge in [-0.15, -0.1) is 0 Å². The van der Waals surface area contributed by atoms with Crippen molar-refractivity contribution < 1.29 is 19.8 Å². The highest BCUT2D eigenvalue weighted by Gasteiger charge is 2.25. The molecule has 0 fully saturated rings. The highest BCUT2D eigenvalue weighted by atomic mass is 35.5. The number of aromatic hydroxyl groups is 1. The molecule has 0 spiro atoms. The van der Waals surface area contributed by atoms with Crippen LogP contribution in [-0.4, -0.2) is 37.3 Å². The molecule has 0 aliphatic carbocycles. The van der Waals surface area contributed by atoms with E-state index >= 15 is 0 Å². The molecule has 1 aromatic heterocycles. The van der Waals surface area contributed by atoms with Gasteiger partial charge in [-0.05, 0) is 55.5 Å². The highest BCUT2D eigenvalue weighted by molar-refractivity contribution is 6.34. The Bertz CT molecular complexity index is 1260. The summed E-state index contributed by atoms with van der Waals surface area (Å²) in [7, 11) is 0. The van der Waals surface area contributed by atoms with E-state index in [1.54, 1.807) is 54.0 Å². The van der Waals surface area contributed by atoms with Crippen molar-refractivity contribution >= 4 is 23.5 Å². The summed E-state index contributed by atoms with van der Waals surface area (Å²) in [4.78, 5) is 37.2. The van der Waals surface area contributed by atoms with E-state index in [1.807, 2.05) is 0 Å². The predicted octanol–water partition coefficient (Wildman–Crippen LogP) is 3.07. The van der Waals surface area contributed by atoms with E-state index < -0.39 is 17.9 Å². The molecular weight excluding hydrogens is 446 g/mol. The number of imidazole rings is 1. The number of hydrogen-bond acceptors (Lipinski definition) is 4. The topological polar surface area (TPSA) is 114 Å². The molecule has 0 saturated heterocycles. The summed E-state index contributed by atoms with van der Waals surface area (Å²) < 4.78 is 2.86. The summed E-state index contributed by atoms with van der Waals surface area (Å²) in [6.07, 6.45) is 2.51. The van der Waals surface area contributed by atoms with Gasteiger partial charge in [0.2, 0.25) is 5.88 Å². The van der Waals surface area contributed by atoms with Crippen LogP contribution in [0.5, 0.6) is 5.88 Å². The number of benzene rings is 2. The third-order valence-electron chi connectivity index (χ3n) is 5.95. The maximum absolute atomic E-state index is 12.7. The van der Waals surface area contributed by atoms with Gasteiger partial charge in [-0.25, -0.2) is 14.2 Å². The Morgan fingerprint density at radius 2 is 1.88 bits per heavy atom. The zero-order valence-electron chi connectivity index (χ0n) is 18.0. The van der Waals surface area contributed by atoms with E-state index in [0.29, 0.717) is 35.5 Å². The number of hydrogen-bond donors (Lipinski definition) is 3. The van der Waals surface area contributed by atoms with Gasteiger partial charge >= 0.3 is 11.7 Å². The van der Waals surface area contributed by atoms with Gasteiger partial charge in [0, 0.05) is 13.0 Å². The number of carboxylic acid groups (broad SMARTS) is 1. The number of fused-ring (bicyclic) bond motifs is 1. The van der Waals surface area contributed by atoms with Crippen molar-refractivity contribution in [2.45, 2.75) is 45.2 Å². The number of carboxylic acids is 1. The standard InChI is InChI=1S/C24H24ClN3O5/c1-14-5-4-6-17(25)20(14)21(29)26-18(23(31)32)13-15-8-10-16(11-9-15)28-22(30)19-7-2-3-12-27(19)24(28)33/h4-6,8-11,18,30H,2-3,7,12-13H2,1H3,(H,26,29)(H,31,32). The number of aryl methyl sites for hydroxylation is 1. The third-order valence-corrected chi connectivity index (χ3v) is 6.26. The van der Waals surface area contributed by atoms with Gasteiger partial charge < -0.3 is 15.5 Å². The van der Waals surface area contributed by atoms with Crippen molar-refractivity contribution in [2.24, 2.45) is 0 Å². The molecule has 0 saturated carbocycles. The van der Waals surface area contributed by atoms with Gasteiger partial charge in [0.25, 0.3) is 5.91 Å². The minimum Gasteiger partial charge on any atom is -0.493 e. The molecule has 2 aromatic carbocycles. The maximum Gasteiger partial charge on any atom is 0.335 e. The molecule has 1 aliphatic heterocycles. The summed E-state index contributed by atoms with van der Waals surface area (Å²) in [5, 5.41) is 23.0. The average molecular weight is 470 g/mol. The highest BCUT2D eigenvalue weighted by Crippen LogP contribution is 2.26. The Kier molecular flexibility index (Phi) is 6.29. The first-order valence-electron chi connectivity index (χ1n) is 10.7. The van der Waals surface area contributed by atoms with E-state index in [2.05, 4.69) is 5.32 Å². The van der Waals surface area contributed by atoms with Crippen LogP contribution >= 0.6 is 11.6 Å². The van der Waals surface area contributed by atoms with Crippen LogP contribution < -0.4 is 11.0 Å². The van der Waals surface area contributed by atoms with E-state index in [1.165, 1.54) is 4.57 Å². The molecule has 2 heterocycles. The minimum atomic E-state index is -1.17. The molecule has 172 valence electrons. The summed E-state index contributed by atoms with van der Waals surface area (Å²) in [6.45, 7) is 2.31. The maximum atomic E-state index is 12.7. The molecular formula is C24H24ClN3O5. The van der Waals surface area contributed by atoms with E-state index in [-0.39, 0.29) is 28.6 Å². The average Bonchev–Trinajstić information content (AvgIpc) is 3.04. The van der Waals surface area contributed by atoms with Gasteiger partial charge in [-0.3, -0.25) is 9.36 Å². The Balaban J connectivity index is 1.54. The van der Waals surface area contributed by atoms with Gasteiger partial charge in [-0.1, -0.05) is 35.9 Å². The summed E-state index contributed by atoms with van der Waals surface area (Å²) in [5.74, 6) is -1.79. The number of aromatic nitrogens is 2. The normalized spacial score (nSPS) is 13.9. The second kappa shape index (κ2) is 9.15. The van der Waals surface area contributed by atoms with Crippen molar-refractivity contribution in [1.82, 2.24) is 14.5 Å². The number of rotatable bonds is 6. The van der Waals surface area contributed by atoms with Crippen molar-refractivity contribution in [3.63, 3.8) is 0 Å². The third kappa shape index (κ3) is 4.39. The molecule has 3 aromatic rings. The van der Waals surface area contributed by atoms with E-state index in [0.717, 1.165) is 12.8 Å². The molecule has 1 aliphatic rings. The predicted molar refractivity (Wildman–Crippen MR) is 123 cm³/mol. The number of halogens is 1. The molecule has 1 unspecified atom stereocenters. The number of carbonyl (C=O) groups is 2. The molecule has 1 amide bonds. The quantitative estimate of drug-likeness (QED) is 0.513. The zero-order chi connectivity index (χ0) is 23.7. The first-order chi connectivity index (χ1) is 15.8. The monoisotopic (exact) mass is 469 g/mol. The Morgan fingerprint density at radius 1 is 1.15 bits per heavy atom. The molecule has 0 radical (unpaired) electrons. The lowest BCUT2D eigenvalue weighted by atomic mass is 10.0. The number of carbonyl (C=O) groups excluding carboxylic acids is 1. The molecule has 9 heteroatoms. The van der Waals surface area contributed by atoms with Crippen molar-refractivity contribution in [3.05, 3.63) is 80.4 Å². The van der Waals surface area contributed by atoms with Crippen molar-refractivity contribution in [2.75, 3.05) is 0 Å². The fourth-order valence-corrected chi connectivity index (χ4v) is 4.52. The molecule has 1 atom stereocenters. The molecule has 8 nitrogen and oxygen atoms in total. The molecule has 3 N–H and O–H groups in total. The lowest BCUT2D eigenvalue weighted by molar-refractivity contribution is -0.139. The van der Waals surface area contributed by atoms with Crippen LogP contribution in [0.3, 0.4) is 0 Å². The summed E-state index contributed by atoms with van der Waals surface area (Å²) >= 11 is 6.13. The summed E-state index contributed by atoms with van der Waals surface area (Å²) in [5.41, 5.74) is 2.38. The van der Waals surface area contributed by atoms with Crippen molar-refractivity contribution in [1.29, 1.82) is 0 Å². The van der Waals surface area contributed by atoms with Gasteiger partial charge in [0.1, 0.15) is 6.04 Å². The van der Waals surface area contributed by atoms with Gasteiger partial charge in [-0.2, -0.15) is 0 Å². The number of nitrogens with one attached hydrogen (secondary N) is 1. The Hall–Kier alpha value is -3.52. The number of amides is 1. The number of aliphatic carboxylic acids is 1. The van der Waals surface area contributed by atoms with Crippen molar-refractivity contribution in [3.8, 4) is 11.6 Å². The largest absolute Gasteiger partial charge is 0.493 e. The van der Waals surface area contributed by atoms with Crippen LogP contribution in [0, 0.1) is 6.92 Å². The lowest BCUT2D eigenvalue weighted by Crippen LogP contribution is -2.42. The Morgan fingerprint density at radius 3 is 2.52 bits per heavy atom. The first-order valence-corrected chi connectivity index (χ1v) is 11.1. The molecule has 33 heavy (non-hydrogen) atoms.